The molecule has 2 saturated heterocycles. The zero-order valence-electron chi connectivity index (χ0n) is 17.4. The highest BCUT2D eigenvalue weighted by Crippen LogP contribution is 2.42. The van der Waals surface area contributed by atoms with Gasteiger partial charge >= 0.3 is 0 Å². The zero-order chi connectivity index (χ0) is 21.7. The van der Waals surface area contributed by atoms with Crippen molar-refractivity contribution in [3.63, 3.8) is 0 Å². The van der Waals surface area contributed by atoms with Crippen molar-refractivity contribution in [2.45, 2.75) is 26.2 Å². The van der Waals surface area contributed by atoms with Crippen LogP contribution in [-0.2, 0) is 6.42 Å². The molecule has 2 aromatic carbocycles. The Balaban J connectivity index is 1.24. The molecule has 0 spiro atoms. The summed E-state index contributed by atoms with van der Waals surface area (Å²) in [5.41, 5.74) is 8.36. The molecular formula is C24H25F2N3OS. The lowest BCUT2D eigenvalue weighted by Gasteiger charge is -2.48. The topological polar surface area (TPSA) is 58.4 Å². The van der Waals surface area contributed by atoms with E-state index in [1.807, 2.05) is 30.0 Å². The highest BCUT2D eigenvalue weighted by molar-refractivity contribution is 7.21. The van der Waals surface area contributed by atoms with Crippen LogP contribution in [0.2, 0.25) is 0 Å². The molecule has 2 aliphatic heterocycles. The number of hydrogen-bond donors (Lipinski definition) is 2. The van der Waals surface area contributed by atoms with Crippen molar-refractivity contribution in [2.75, 3.05) is 30.3 Å². The summed E-state index contributed by atoms with van der Waals surface area (Å²) in [6.07, 6.45) is 2.71. The fourth-order valence-corrected chi connectivity index (χ4v) is 6.05. The monoisotopic (exact) mass is 441 g/mol. The van der Waals surface area contributed by atoms with Crippen molar-refractivity contribution in [1.29, 1.82) is 0 Å². The molecule has 1 saturated carbocycles. The number of hydrogen-bond acceptors (Lipinski definition) is 4. The molecule has 7 heteroatoms. The van der Waals surface area contributed by atoms with E-state index in [2.05, 4.69) is 5.32 Å². The SMILES string of the molecule is Cc1ccc2c(N)c(C(=O)NCCc3cc(F)c(N4CC5CC(C5)C4)c(F)c3)sc2c1. The van der Waals surface area contributed by atoms with Crippen LogP contribution in [-0.4, -0.2) is 25.5 Å². The molecule has 3 N–H and O–H groups in total. The van der Waals surface area contributed by atoms with Gasteiger partial charge in [0.15, 0.2) is 0 Å². The maximum Gasteiger partial charge on any atom is 0.263 e. The summed E-state index contributed by atoms with van der Waals surface area (Å²) in [4.78, 5) is 14.9. The molecule has 162 valence electrons. The molecule has 3 fully saturated rings. The Morgan fingerprint density at radius 3 is 2.52 bits per heavy atom. The summed E-state index contributed by atoms with van der Waals surface area (Å²) in [5.74, 6) is -0.171. The Hall–Kier alpha value is -2.67. The standard InChI is InChI=1S/C24H25F2N3OS/c1-13-2-3-17-20(6-13)31-23(21(17)27)24(30)28-5-4-14-9-18(25)22(19(26)10-14)29-11-15-7-16(8-15)12-29/h2-3,6,9-10,15-16H,4-5,7-8,11-12,27H2,1H3,(H,28,30). The maximum absolute atomic E-state index is 14.7. The molecule has 31 heavy (non-hydrogen) atoms. The van der Waals surface area contributed by atoms with Gasteiger partial charge in [-0.25, -0.2) is 8.78 Å². The third-order valence-electron chi connectivity index (χ3n) is 6.47. The molecule has 1 aliphatic carbocycles. The number of halogens is 2. The van der Waals surface area contributed by atoms with Gasteiger partial charge in [-0.05, 0) is 67.3 Å². The van der Waals surface area contributed by atoms with Crippen LogP contribution in [0.15, 0.2) is 30.3 Å². The molecule has 6 rings (SSSR count). The van der Waals surface area contributed by atoms with Gasteiger partial charge in [-0.2, -0.15) is 0 Å². The van der Waals surface area contributed by atoms with Gasteiger partial charge in [0.05, 0.1) is 5.69 Å². The molecule has 1 amide bonds. The summed E-state index contributed by atoms with van der Waals surface area (Å²) in [7, 11) is 0. The van der Waals surface area contributed by atoms with Crippen LogP contribution in [0, 0.1) is 30.4 Å². The van der Waals surface area contributed by atoms with E-state index >= 15 is 0 Å². The summed E-state index contributed by atoms with van der Waals surface area (Å²) in [6.45, 7) is 3.73. The van der Waals surface area contributed by atoms with E-state index in [0.717, 1.165) is 28.7 Å². The number of carbonyl (C=O) groups is 1. The Morgan fingerprint density at radius 1 is 1.16 bits per heavy atom. The van der Waals surface area contributed by atoms with Gasteiger partial charge < -0.3 is 16.0 Å². The second-order valence-corrected chi connectivity index (χ2v) is 9.92. The molecule has 3 aromatic rings. The predicted octanol–water partition coefficient (Wildman–Crippen LogP) is 4.89. The minimum absolute atomic E-state index is 0.0931. The van der Waals surface area contributed by atoms with Crippen molar-refractivity contribution in [1.82, 2.24) is 5.32 Å². The third-order valence-corrected chi connectivity index (χ3v) is 7.64. The van der Waals surface area contributed by atoms with Crippen LogP contribution in [0.5, 0.6) is 0 Å². The Kier molecular flexibility index (Phi) is 5.08. The number of nitrogen functional groups attached to an aromatic ring is 1. The fraction of sp³-hybridized carbons (Fsp3) is 0.375. The third kappa shape index (κ3) is 3.76. The lowest BCUT2D eigenvalue weighted by molar-refractivity contribution is 0.0959. The van der Waals surface area contributed by atoms with E-state index in [4.69, 9.17) is 5.73 Å². The van der Waals surface area contributed by atoms with Crippen molar-refractivity contribution in [3.05, 3.63) is 58.0 Å². The average Bonchev–Trinajstić information content (AvgIpc) is 3.03. The normalized spacial score (nSPS) is 20.0. The average molecular weight is 442 g/mol. The largest absolute Gasteiger partial charge is 0.397 e. The first-order chi connectivity index (χ1) is 14.9. The lowest BCUT2D eigenvalue weighted by atomic mass is 9.71. The number of anilines is 2. The summed E-state index contributed by atoms with van der Waals surface area (Å²) in [5, 5.41) is 3.70. The van der Waals surface area contributed by atoms with E-state index in [0.29, 0.717) is 34.4 Å². The second-order valence-electron chi connectivity index (χ2n) is 8.87. The van der Waals surface area contributed by atoms with Crippen LogP contribution >= 0.6 is 11.3 Å². The number of piperidine rings is 2. The summed E-state index contributed by atoms with van der Waals surface area (Å²) in [6, 6.07) is 8.67. The number of nitrogens with zero attached hydrogens (tertiary/aromatic N) is 1. The number of rotatable bonds is 5. The number of nitrogens with one attached hydrogen (secondary N) is 1. The number of nitrogens with two attached hydrogens (primary N) is 1. The molecule has 2 bridgehead atoms. The number of aryl methyl sites for hydroxylation is 1. The van der Waals surface area contributed by atoms with Gasteiger partial charge in [0.2, 0.25) is 0 Å². The second kappa shape index (κ2) is 7.79. The molecule has 3 aliphatic rings. The van der Waals surface area contributed by atoms with Crippen LogP contribution in [0.1, 0.15) is 33.6 Å². The van der Waals surface area contributed by atoms with Gasteiger partial charge in [0.25, 0.3) is 5.91 Å². The molecule has 4 nitrogen and oxygen atoms in total. The molecule has 1 aromatic heterocycles. The molecule has 0 radical (unpaired) electrons. The Labute approximate surface area is 184 Å². The number of carbonyl (C=O) groups excluding carboxylic acids is 1. The predicted molar refractivity (Wildman–Crippen MR) is 122 cm³/mol. The van der Waals surface area contributed by atoms with Crippen molar-refractivity contribution < 1.29 is 13.6 Å². The van der Waals surface area contributed by atoms with E-state index in [1.54, 1.807) is 0 Å². The highest BCUT2D eigenvalue weighted by Gasteiger charge is 2.38. The molecule has 3 heterocycles. The number of amides is 1. The number of benzene rings is 2. The minimum atomic E-state index is -0.522. The first-order valence-corrected chi connectivity index (χ1v) is 11.5. The van der Waals surface area contributed by atoms with E-state index in [1.165, 1.54) is 36.3 Å². The number of thiophene rings is 1. The summed E-state index contributed by atoms with van der Waals surface area (Å²) >= 11 is 1.36. The van der Waals surface area contributed by atoms with Gasteiger partial charge in [0, 0.05) is 29.7 Å². The van der Waals surface area contributed by atoms with Crippen LogP contribution in [0.25, 0.3) is 10.1 Å². The van der Waals surface area contributed by atoms with Gasteiger partial charge in [-0.1, -0.05) is 12.1 Å². The number of fused-ring (bicyclic) bond motifs is 3. The van der Waals surface area contributed by atoms with Crippen molar-refractivity contribution in [3.8, 4) is 0 Å². The van der Waals surface area contributed by atoms with Crippen LogP contribution in [0.4, 0.5) is 20.2 Å². The van der Waals surface area contributed by atoms with E-state index < -0.39 is 11.6 Å². The smallest absolute Gasteiger partial charge is 0.263 e. The zero-order valence-corrected chi connectivity index (χ0v) is 18.2. The Morgan fingerprint density at radius 2 is 1.84 bits per heavy atom. The van der Waals surface area contributed by atoms with Gasteiger partial charge in [-0.15, -0.1) is 11.3 Å². The Bertz CT molecular complexity index is 1140. The highest BCUT2D eigenvalue weighted by atomic mass is 32.1. The van der Waals surface area contributed by atoms with E-state index in [9.17, 15) is 13.6 Å². The van der Waals surface area contributed by atoms with Crippen LogP contribution in [0.3, 0.4) is 0 Å². The minimum Gasteiger partial charge on any atom is -0.397 e. The lowest BCUT2D eigenvalue weighted by Crippen LogP contribution is -2.49. The summed E-state index contributed by atoms with van der Waals surface area (Å²) < 4.78 is 30.4. The first kappa shape index (κ1) is 20.2. The maximum atomic E-state index is 14.7. The molecule has 0 unspecified atom stereocenters. The molecule has 0 atom stereocenters. The quantitative estimate of drug-likeness (QED) is 0.593. The van der Waals surface area contributed by atoms with Crippen molar-refractivity contribution >= 4 is 38.7 Å². The van der Waals surface area contributed by atoms with Crippen LogP contribution < -0.4 is 16.0 Å². The van der Waals surface area contributed by atoms with Crippen molar-refractivity contribution in [2.24, 2.45) is 11.8 Å². The van der Waals surface area contributed by atoms with Gasteiger partial charge in [-0.3, -0.25) is 4.79 Å². The molecular weight excluding hydrogens is 416 g/mol. The van der Waals surface area contributed by atoms with Gasteiger partial charge in [0.1, 0.15) is 22.2 Å². The first-order valence-electron chi connectivity index (χ1n) is 10.7. The van der Waals surface area contributed by atoms with E-state index in [-0.39, 0.29) is 18.1 Å². The fourth-order valence-electron chi connectivity index (χ4n) is 4.91.